The lowest BCUT2D eigenvalue weighted by Crippen LogP contribution is -2.36. The summed E-state index contributed by atoms with van der Waals surface area (Å²) in [5.41, 5.74) is 1.10. The highest BCUT2D eigenvalue weighted by Gasteiger charge is 2.19. The van der Waals surface area contributed by atoms with Crippen LogP contribution >= 0.6 is 11.8 Å². The molecule has 24 heavy (non-hydrogen) atoms. The van der Waals surface area contributed by atoms with Crippen LogP contribution in [0.2, 0.25) is 0 Å². The summed E-state index contributed by atoms with van der Waals surface area (Å²) < 4.78 is 2.16. The number of piperidine rings is 1. The van der Waals surface area contributed by atoms with E-state index in [9.17, 15) is 0 Å². The van der Waals surface area contributed by atoms with Crippen molar-refractivity contribution in [2.24, 2.45) is 0 Å². The van der Waals surface area contributed by atoms with Crippen LogP contribution in [0.5, 0.6) is 0 Å². The average Bonchev–Trinajstić information content (AvgIpc) is 3.01. The number of aromatic nitrogens is 3. The summed E-state index contributed by atoms with van der Waals surface area (Å²) in [4.78, 5) is 2.51. The first-order chi connectivity index (χ1) is 11.8. The summed E-state index contributed by atoms with van der Waals surface area (Å²) in [6, 6.07) is 11.0. The number of allylic oxidation sites excluding steroid dienone is 1. The molecule has 0 aliphatic carbocycles. The van der Waals surface area contributed by atoms with Crippen molar-refractivity contribution < 1.29 is 0 Å². The molecule has 1 unspecified atom stereocenters. The van der Waals surface area contributed by atoms with E-state index in [-0.39, 0.29) is 0 Å². The van der Waals surface area contributed by atoms with Gasteiger partial charge in [-0.15, -0.1) is 16.8 Å². The van der Waals surface area contributed by atoms with Crippen molar-refractivity contribution in [1.29, 1.82) is 0 Å². The number of likely N-dealkylation sites (tertiary alicyclic amines) is 1. The van der Waals surface area contributed by atoms with Crippen LogP contribution in [0.25, 0.3) is 11.4 Å². The third-order valence-electron chi connectivity index (χ3n) is 4.66. The van der Waals surface area contributed by atoms with Gasteiger partial charge in [0.1, 0.15) is 0 Å². The molecule has 1 atom stereocenters. The predicted octanol–water partition coefficient (Wildman–Crippen LogP) is 4.10. The molecule has 0 spiro atoms. The lowest BCUT2D eigenvalue weighted by molar-refractivity contribution is 0.182. The molecule has 5 heteroatoms. The maximum atomic E-state index is 4.43. The van der Waals surface area contributed by atoms with Gasteiger partial charge in [-0.25, -0.2) is 0 Å². The normalized spacial score (nSPS) is 18.6. The van der Waals surface area contributed by atoms with Gasteiger partial charge >= 0.3 is 0 Å². The van der Waals surface area contributed by atoms with Gasteiger partial charge in [0.2, 0.25) is 0 Å². The zero-order valence-corrected chi connectivity index (χ0v) is 15.2. The van der Waals surface area contributed by atoms with Gasteiger partial charge in [-0.1, -0.05) is 54.6 Å². The topological polar surface area (TPSA) is 34.0 Å². The molecule has 1 aromatic carbocycles. The molecule has 1 aromatic heterocycles. The highest BCUT2D eigenvalue weighted by Crippen LogP contribution is 2.26. The second kappa shape index (κ2) is 8.49. The largest absolute Gasteiger partial charge is 0.303 e. The van der Waals surface area contributed by atoms with Crippen LogP contribution in [-0.4, -0.2) is 45.1 Å². The smallest absolute Gasteiger partial charge is 0.191 e. The Labute approximate surface area is 149 Å². The Balaban J connectivity index is 1.67. The summed E-state index contributed by atoms with van der Waals surface area (Å²) in [6.45, 7) is 5.86. The molecule has 1 aliphatic heterocycles. The highest BCUT2D eigenvalue weighted by molar-refractivity contribution is 7.99. The molecule has 2 aromatic rings. The van der Waals surface area contributed by atoms with Crippen LogP contribution in [0.15, 0.2) is 48.1 Å². The van der Waals surface area contributed by atoms with Crippen molar-refractivity contribution in [2.75, 3.05) is 19.3 Å². The SMILES string of the molecule is C=CCn1c(SCCC2CCCCN2C)nnc1-c1ccccc1. The first kappa shape index (κ1) is 17.2. The van der Waals surface area contributed by atoms with Crippen molar-refractivity contribution in [3.8, 4) is 11.4 Å². The van der Waals surface area contributed by atoms with Gasteiger partial charge in [-0.2, -0.15) is 0 Å². The first-order valence-corrected chi connectivity index (χ1v) is 9.70. The van der Waals surface area contributed by atoms with Crippen LogP contribution < -0.4 is 0 Å². The van der Waals surface area contributed by atoms with E-state index in [1.165, 1.54) is 32.2 Å². The van der Waals surface area contributed by atoms with Gasteiger partial charge in [-0.3, -0.25) is 4.57 Å². The summed E-state index contributed by atoms with van der Waals surface area (Å²) in [5, 5.41) is 9.84. The van der Waals surface area contributed by atoms with Crippen molar-refractivity contribution in [2.45, 2.75) is 43.4 Å². The monoisotopic (exact) mass is 342 g/mol. The molecule has 1 saturated heterocycles. The molecule has 128 valence electrons. The quantitative estimate of drug-likeness (QED) is 0.560. The minimum Gasteiger partial charge on any atom is -0.303 e. The van der Waals surface area contributed by atoms with Gasteiger partial charge in [0.15, 0.2) is 11.0 Å². The van der Waals surface area contributed by atoms with E-state index in [2.05, 4.69) is 45.4 Å². The molecule has 0 amide bonds. The van der Waals surface area contributed by atoms with E-state index < -0.39 is 0 Å². The molecule has 1 aliphatic rings. The Morgan fingerprint density at radius 1 is 1.25 bits per heavy atom. The Hall–Kier alpha value is -1.59. The number of nitrogens with zero attached hydrogens (tertiary/aromatic N) is 4. The number of rotatable bonds is 7. The van der Waals surface area contributed by atoms with Crippen molar-refractivity contribution >= 4 is 11.8 Å². The molecular weight excluding hydrogens is 316 g/mol. The minimum absolute atomic E-state index is 0.718. The predicted molar refractivity (Wildman–Crippen MR) is 101 cm³/mol. The number of hydrogen-bond acceptors (Lipinski definition) is 4. The van der Waals surface area contributed by atoms with Gasteiger partial charge in [0, 0.05) is 23.9 Å². The Morgan fingerprint density at radius 2 is 2.08 bits per heavy atom. The summed E-state index contributed by atoms with van der Waals surface area (Å²) in [5.74, 6) is 2.01. The van der Waals surface area contributed by atoms with E-state index >= 15 is 0 Å². The number of hydrogen-bond donors (Lipinski definition) is 0. The lowest BCUT2D eigenvalue weighted by atomic mass is 10.0. The van der Waals surface area contributed by atoms with Gasteiger partial charge in [-0.05, 0) is 32.9 Å². The Morgan fingerprint density at radius 3 is 2.83 bits per heavy atom. The number of thioether (sulfide) groups is 1. The molecule has 4 nitrogen and oxygen atoms in total. The molecule has 3 rings (SSSR count). The Bertz CT molecular complexity index is 653. The van der Waals surface area contributed by atoms with Crippen LogP contribution in [0.1, 0.15) is 25.7 Å². The van der Waals surface area contributed by atoms with E-state index in [4.69, 9.17) is 0 Å². The van der Waals surface area contributed by atoms with Crippen molar-refractivity contribution in [3.63, 3.8) is 0 Å². The van der Waals surface area contributed by atoms with E-state index in [0.717, 1.165) is 34.9 Å². The van der Waals surface area contributed by atoms with Crippen molar-refractivity contribution in [1.82, 2.24) is 19.7 Å². The molecule has 0 radical (unpaired) electrons. The number of benzene rings is 1. The lowest BCUT2D eigenvalue weighted by Gasteiger charge is -2.32. The Kier molecular flexibility index (Phi) is 6.10. The second-order valence-corrected chi connectivity index (χ2v) is 7.40. The van der Waals surface area contributed by atoms with Crippen LogP contribution in [0.4, 0.5) is 0 Å². The zero-order valence-electron chi connectivity index (χ0n) is 14.4. The first-order valence-electron chi connectivity index (χ1n) is 8.72. The van der Waals surface area contributed by atoms with Crippen LogP contribution in [0.3, 0.4) is 0 Å². The summed E-state index contributed by atoms with van der Waals surface area (Å²) in [7, 11) is 2.25. The van der Waals surface area contributed by atoms with E-state index in [0.29, 0.717) is 0 Å². The fourth-order valence-corrected chi connectivity index (χ4v) is 4.27. The molecule has 2 heterocycles. The van der Waals surface area contributed by atoms with Crippen molar-refractivity contribution in [3.05, 3.63) is 43.0 Å². The van der Waals surface area contributed by atoms with Crippen LogP contribution in [-0.2, 0) is 6.54 Å². The van der Waals surface area contributed by atoms with Gasteiger partial charge in [0.25, 0.3) is 0 Å². The third kappa shape index (κ3) is 4.08. The van der Waals surface area contributed by atoms with Crippen LogP contribution in [0, 0.1) is 0 Å². The van der Waals surface area contributed by atoms with E-state index in [1.54, 1.807) is 0 Å². The van der Waals surface area contributed by atoms with Gasteiger partial charge < -0.3 is 4.90 Å². The minimum atomic E-state index is 0.718. The summed E-state index contributed by atoms with van der Waals surface area (Å²) >= 11 is 1.81. The zero-order chi connectivity index (χ0) is 16.8. The molecule has 0 N–H and O–H groups in total. The fourth-order valence-electron chi connectivity index (χ4n) is 3.29. The second-order valence-electron chi connectivity index (χ2n) is 6.34. The fraction of sp³-hybridized carbons (Fsp3) is 0.474. The van der Waals surface area contributed by atoms with E-state index in [1.807, 2.05) is 36.0 Å². The molecular formula is C19H26N4S. The molecule has 0 saturated carbocycles. The summed E-state index contributed by atoms with van der Waals surface area (Å²) in [6.07, 6.45) is 7.15. The average molecular weight is 343 g/mol. The maximum absolute atomic E-state index is 4.43. The van der Waals surface area contributed by atoms with Gasteiger partial charge in [0.05, 0.1) is 0 Å². The standard InChI is InChI=1S/C19H26N4S/c1-3-13-23-18(16-9-5-4-6-10-16)20-21-19(23)24-15-12-17-11-7-8-14-22(17)2/h3-6,9-10,17H,1,7-8,11-15H2,2H3. The molecule has 0 bridgehead atoms. The maximum Gasteiger partial charge on any atom is 0.191 e. The highest BCUT2D eigenvalue weighted by atomic mass is 32.2. The molecule has 1 fully saturated rings. The third-order valence-corrected chi connectivity index (χ3v) is 5.66.